The van der Waals surface area contributed by atoms with Gasteiger partial charge in [-0.25, -0.2) is 4.79 Å². The van der Waals surface area contributed by atoms with E-state index in [0.717, 1.165) is 16.5 Å². The molecule has 1 aliphatic carbocycles. The Kier molecular flexibility index (Phi) is 3.59. The molecule has 1 heterocycles. The van der Waals surface area contributed by atoms with Gasteiger partial charge >= 0.3 is 5.97 Å². The molecule has 0 saturated heterocycles. The molecule has 0 unspecified atom stereocenters. The second-order valence-electron chi connectivity index (χ2n) is 5.08. The highest BCUT2D eigenvalue weighted by molar-refractivity contribution is 7.21. The van der Waals surface area contributed by atoms with Gasteiger partial charge in [0.25, 0.3) is 5.91 Å². The Hall–Kier alpha value is -1.30. The van der Waals surface area contributed by atoms with Crippen LogP contribution >= 0.6 is 34.5 Å². The van der Waals surface area contributed by atoms with Gasteiger partial charge in [0.15, 0.2) is 0 Å². The van der Waals surface area contributed by atoms with E-state index in [-0.39, 0.29) is 0 Å². The zero-order valence-electron chi connectivity index (χ0n) is 10.8. The lowest BCUT2D eigenvalue weighted by atomic mass is 9.77. The van der Waals surface area contributed by atoms with Crippen molar-refractivity contribution in [2.24, 2.45) is 0 Å². The minimum atomic E-state index is -1.14. The van der Waals surface area contributed by atoms with Gasteiger partial charge in [-0.2, -0.15) is 0 Å². The minimum Gasteiger partial charge on any atom is -0.480 e. The number of nitrogens with one attached hydrogen (secondary N) is 1. The number of amides is 1. The molecule has 0 radical (unpaired) electrons. The monoisotopic (exact) mass is 343 g/mol. The van der Waals surface area contributed by atoms with Crippen LogP contribution in [0.15, 0.2) is 18.2 Å². The average Bonchev–Trinajstić information content (AvgIpc) is 2.70. The SMILES string of the molecule is O=C(NC1(C(=O)O)CCC1)c1sc2cc(Cl)ccc2c1Cl. The maximum Gasteiger partial charge on any atom is 0.329 e. The summed E-state index contributed by atoms with van der Waals surface area (Å²) in [6.07, 6.45) is 1.69. The van der Waals surface area contributed by atoms with Crippen molar-refractivity contribution in [2.75, 3.05) is 0 Å². The molecule has 1 aromatic heterocycles. The lowest BCUT2D eigenvalue weighted by molar-refractivity contribution is -0.148. The van der Waals surface area contributed by atoms with Gasteiger partial charge < -0.3 is 10.4 Å². The van der Waals surface area contributed by atoms with Crippen LogP contribution in [0.2, 0.25) is 10.0 Å². The summed E-state index contributed by atoms with van der Waals surface area (Å²) in [5, 5.41) is 13.5. The molecule has 4 nitrogen and oxygen atoms in total. The quantitative estimate of drug-likeness (QED) is 0.886. The van der Waals surface area contributed by atoms with Gasteiger partial charge in [-0.15, -0.1) is 11.3 Å². The molecule has 0 aliphatic heterocycles. The highest BCUT2D eigenvalue weighted by Crippen LogP contribution is 2.38. The predicted octanol–water partition coefficient (Wildman–Crippen LogP) is 3.95. The van der Waals surface area contributed by atoms with Crippen molar-refractivity contribution < 1.29 is 14.7 Å². The lowest BCUT2D eigenvalue weighted by Crippen LogP contribution is -2.59. The van der Waals surface area contributed by atoms with E-state index in [9.17, 15) is 14.7 Å². The fourth-order valence-electron chi connectivity index (χ4n) is 2.38. The Morgan fingerprint density at radius 3 is 2.57 bits per heavy atom. The summed E-state index contributed by atoms with van der Waals surface area (Å²) in [4.78, 5) is 24.0. The molecule has 2 aromatic rings. The number of halogens is 2. The molecule has 21 heavy (non-hydrogen) atoms. The van der Waals surface area contributed by atoms with Gasteiger partial charge in [0.2, 0.25) is 0 Å². The van der Waals surface area contributed by atoms with Crippen LogP contribution in [0.1, 0.15) is 28.9 Å². The Balaban J connectivity index is 1.95. The highest BCUT2D eigenvalue weighted by Gasteiger charge is 2.46. The topological polar surface area (TPSA) is 66.4 Å². The van der Waals surface area contributed by atoms with Crippen LogP contribution in [0, 0.1) is 0 Å². The fourth-order valence-corrected chi connectivity index (χ4v) is 4.07. The van der Waals surface area contributed by atoms with Crippen molar-refractivity contribution in [2.45, 2.75) is 24.8 Å². The van der Waals surface area contributed by atoms with Crippen LogP contribution in [0.3, 0.4) is 0 Å². The van der Waals surface area contributed by atoms with Crippen molar-refractivity contribution in [3.63, 3.8) is 0 Å². The van der Waals surface area contributed by atoms with E-state index in [4.69, 9.17) is 23.2 Å². The average molecular weight is 344 g/mol. The largest absolute Gasteiger partial charge is 0.480 e. The maximum absolute atomic E-state index is 12.4. The molecule has 0 atom stereocenters. The summed E-state index contributed by atoms with van der Waals surface area (Å²) in [6, 6.07) is 5.19. The molecule has 0 bridgehead atoms. The van der Waals surface area contributed by atoms with Gasteiger partial charge in [-0.1, -0.05) is 29.3 Å². The zero-order chi connectivity index (χ0) is 15.2. The van der Waals surface area contributed by atoms with Gasteiger partial charge in [0.1, 0.15) is 10.4 Å². The molecule has 0 spiro atoms. The normalized spacial score (nSPS) is 16.5. The first kappa shape index (κ1) is 14.6. The molecule has 1 aliphatic rings. The zero-order valence-corrected chi connectivity index (χ0v) is 13.1. The van der Waals surface area contributed by atoms with Crippen LogP contribution in [0.4, 0.5) is 0 Å². The number of carboxylic acid groups (broad SMARTS) is 1. The fraction of sp³-hybridized carbons (Fsp3) is 0.286. The van der Waals surface area contributed by atoms with Gasteiger partial charge in [-0.05, 0) is 31.4 Å². The summed E-state index contributed by atoms with van der Waals surface area (Å²) in [5.41, 5.74) is -1.14. The molecule has 1 saturated carbocycles. The first-order valence-electron chi connectivity index (χ1n) is 6.36. The maximum atomic E-state index is 12.4. The number of hydrogen-bond acceptors (Lipinski definition) is 3. The Morgan fingerprint density at radius 1 is 1.29 bits per heavy atom. The predicted molar refractivity (Wildman–Crippen MR) is 83.5 cm³/mol. The summed E-state index contributed by atoms with van der Waals surface area (Å²) in [6.45, 7) is 0. The lowest BCUT2D eigenvalue weighted by Gasteiger charge is -2.38. The number of benzene rings is 1. The summed E-state index contributed by atoms with van der Waals surface area (Å²) in [5.74, 6) is -1.44. The van der Waals surface area contributed by atoms with Crippen molar-refractivity contribution in [1.29, 1.82) is 0 Å². The molecular formula is C14H11Cl2NO3S. The second-order valence-corrected chi connectivity index (χ2v) is 6.95. The van der Waals surface area contributed by atoms with Gasteiger partial charge in [0.05, 0.1) is 5.02 Å². The molecule has 3 rings (SSSR count). The van der Waals surface area contributed by atoms with E-state index >= 15 is 0 Å². The number of carbonyl (C=O) groups is 2. The van der Waals surface area contributed by atoms with E-state index < -0.39 is 17.4 Å². The van der Waals surface area contributed by atoms with Crippen LogP contribution < -0.4 is 5.32 Å². The van der Waals surface area contributed by atoms with Crippen molar-refractivity contribution in [1.82, 2.24) is 5.32 Å². The third-order valence-electron chi connectivity index (χ3n) is 3.77. The van der Waals surface area contributed by atoms with E-state index in [1.54, 1.807) is 18.2 Å². The molecular weight excluding hydrogens is 333 g/mol. The molecule has 1 fully saturated rings. The van der Waals surface area contributed by atoms with E-state index in [0.29, 0.717) is 27.8 Å². The number of aliphatic carboxylic acids is 1. The second kappa shape index (κ2) is 5.16. The van der Waals surface area contributed by atoms with Crippen molar-refractivity contribution in [3.05, 3.63) is 33.1 Å². The summed E-state index contributed by atoms with van der Waals surface area (Å²) < 4.78 is 0.802. The summed E-state index contributed by atoms with van der Waals surface area (Å²) in [7, 11) is 0. The van der Waals surface area contributed by atoms with E-state index in [1.165, 1.54) is 11.3 Å². The Labute approximate surface area is 134 Å². The molecule has 1 aromatic carbocycles. The minimum absolute atomic E-state index is 0.321. The van der Waals surface area contributed by atoms with Crippen molar-refractivity contribution in [3.8, 4) is 0 Å². The molecule has 1 amide bonds. The van der Waals surface area contributed by atoms with E-state index in [2.05, 4.69) is 5.32 Å². The number of hydrogen-bond donors (Lipinski definition) is 2. The standard InChI is InChI=1S/C14H11Cl2NO3S/c15-7-2-3-8-9(6-7)21-11(10(8)16)12(18)17-14(13(19)20)4-1-5-14/h2-3,6H,1,4-5H2,(H,17,18)(H,19,20). The van der Waals surface area contributed by atoms with Crippen LogP contribution in [-0.2, 0) is 4.79 Å². The molecule has 2 N–H and O–H groups in total. The molecule has 110 valence electrons. The number of rotatable bonds is 3. The number of thiophene rings is 1. The smallest absolute Gasteiger partial charge is 0.329 e. The third-order valence-corrected chi connectivity index (χ3v) is 5.66. The number of fused-ring (bicyclic) bond motifs is 1. The molecule has 7 heteroatoms. The van der Waals surface area contributed by atoms with Crippen molar-refractivity contribution >= 4 is 56.5 Å². The third kappa shape index (κ3) is 2.39. The Bertz CT molecular complexity index is 752. The number of carboxylic acids is 1. The first-order valence-corrected chi connectivity index (χ1v) is 7.94. The highest BCUT2D eigenvalue weighted by atomic mass is 35.5. The van der Waals surface area contributed by atoms with Crippen LogP contribution in [0.5, 0.6) is 0 Å². The summed E-state index contributed by atoms with van der Waals surface area (Å²) >= 11 is 13.4. The van der Waals surface area contributed by atoms with Crippen LogP contribution in [-0.4, -0.2) is 22.5 Å². The van der Waals surface area contributed by atoms with Crippen LogP contribution in [0.25, 0.3) is 10.1 Å². The first-order chi connectivity index (χ1) is 9.93. The Morgan fingerprint density at radius 2 is 2.00 bits per heavy atom. The van der Waals surface area contributed by atoms with E-state index in [1.807, 2.05) is 0 Å². The number of carbonyl (C=O) groups excluding carboxylic acids is 1. The van der Waals surface area contributed by atoms with Gasteiger partial charge in [-0.3, -0.25) is 4.79 Å². The van der Waals surface area contributed by atoms with Gasteiger partial charge in [0, 0.05) is 15.1 Å².